The molecular weight excluding hydrogens is 281 g/mol. The predicted octanol–water partition coefficient (Wildman–Crippen LogP) is 4.41. The maximum atomic E-state index is 12.9. The van der Waals surface area contributed by atoms with Gasteiger partial charge in [0.05, 0.1) is 0 Å². The molecule has 0 bridgehead atoms. The van der Waals surface area contributed by atoms with Gasteiger partial charge in [0, 0.05) is 13.1 Å². The number of halogens is 1. The molecular formula is C18H26FNO2. The molecule has 0 aromatic heterocycles. The first-order valence-corrected chi connectivity index (χ1v) is 8.06. The topological polar surface area (TPSA) is 29.5 Å². The van der Waals surface area contributed by atoms with Crippen molar-refractivity contribution in [1.82, 2.24) is 4.90 Å². The molecule has 0 spiro atoms. The summed E-state index contributed by atoms with van der Waals surface area (Å²) in [7, 11) is 0. The van der Waals surface area contributed by atoms with Gasteiger partial charge in [-0.3, -0.25) is 0 Å². The summed E-state index contributed by atoms with van der Waals surface area (Å²) in [5.41, 5.74) is 0.743. The van der Waals surface area contributed by atoms with E-state index in [1.54, 1.807) is 4.90 Å². The number of hydrogen-bond acceptors (Lipinski definition) is 2. The Balaban J connectivity index is 1.73. The van der Waals surface area contributed by atoms with Gasteiger partial charge < -0.3 is 9.64 Å². The van der Waals surface area contributed by atoms with Gasteiger partial charge in [0.15, 0.2) is 0 Å². The molecule has 0 atom stereocenters. The van der Waals surface area contributed by atoms with Crippen molar-refractivity contribution in [2.24, 2.45) is 5.92 Å². The molecule has 0 N–H and O–H groups in total. The van der Waals surface area contributed by atoms with E-state index >= 15 is 0 Å². The van der Waals surface area contributed by atoms with E-state index < -0.39 is 5.60 Å². The molecule has 0 aliphatic carbocycles. The first-order chi connectivity index (χ1) is 10.3. The predicted molar refractivity (Wildman–Crippen MR) is 85.3 cm³/mol. The van der Waals surface area contributed by atoms with E-state index in [0.717, 1.165) is 38.8 Å². The normalized spacial score (nSPS) is 16.6. The number of benzene rings is 1. The number of hydrogen-bond donors (Lipinski definition) is 0. The second-order valence-electron chi connectivity index (χ2n) is 7.08. The molecule has 1 aromatic rings. The largest absolute Gasteiger partial charge is 0.444 e. The average Bonchev–Trinajstić information content (AvgIpc) is 2.45. The van der Waals surface area contributed by atoms with Gasteiger partial charge in [0.2, 0.25) is 0 Å². The Morgan fingerprint density at radius 1 is 1.23 bits per heavy atom. The van der Waals surface area contributed by atoms with Crippen LogP contribution in [0.2, 0.25) is 0 Å². The molecule has 1 heterocycles. The third-order valence-electron chi connectivity index (χ3n) is 4.02. The van der Waals surface area contributed by atoms with Crippen molar-refractivity contribution in [1.29, 1.82) is 0 Å². The Labute approximate surface area is 132 Å². The van der Waals surface area contributed by atoms with Crippen molar-refractivity contribution in [3.05, 3.63) is 35.6 Å². The Hall–Kier alpha value is -1.58. The molecule has 1 aliphatic heterocycles. The van der Waals surface area contributed by atoms with Crippen molar-refractivity contribution in [2.45, 2.75) is 52.1 Å². The number of nitrogens with zero attached hydrogens (tertiary/aromatic N) is 1. The third-order valence-corrected chi connectivity index (χ3v) is 4.02. The number of carbonyl (C=O) groups is 1. The van der Waals surface area contributed by atoms with Gasteiger partial charge >= 0.3 is 6.09 Å². The van der Waals surface area contributed by atoms with Crippen molar-refractivity contribution in [2.75, 3.05) is 13.1 Å². The van der Waals surface area contributed by atoms with Crippen LogP contribution in [0.4, 0.5) is 9.18 Å². The molecule has 1 fully saturated rings. The second kappa shape index (κ2) is 7.12. The van der Waals surface area contributed by atoms with Gasteiger partial charge in [-0.25, -0.2) is 9.18 Å². The SMILES string of the molecule is CC(C)(C)OC(=O)N1CCC(CCc2ccc(F)cc2)CC1. The zero-order chi connectivity index (χ0) is 16.2. The van der Waals surface area contributed by atoms with Crippen LogP contribution >= 0.6 is 0 Å². The highest BCUT2D eigenvalue weighted by Gasteiger charge is 2.26. The lowest BCUT2D eigenvalue weighted by Crippen LogP contribution is -2.41. The zero-order valence-electron chi connectivity index (χ0n) is 13.8. The number of ether oxygens (including phenoxy) is 1. The molecule has 2 rings (SSSR count). The van der Waals surface area contributed by atoms with Crippen molar-refractivity contribution < 1.29 is 13.9 Å². The van der Waals surface area contributed by atoms with Gasteiger partial charge in [-0.15, -0.1) is 0 Å². The minimum atomic E-state index is -0.434. The third kappa shape index (κ3) is 5.32. The van der Waals surface area contributed by atoms with Crippen molar-refractivity contribution in [3.8, 4) is 0 Å². The summed E-state index contributed by atoms with van der Waals surface area (Å²) in [5.74, 6) is 0.443. The molecule has 0 saturated carbocycles. The molecule has 1 aromatic carbocycles. The van der Waals surface area contributed by atoms with Gasteiger partial charge in [-0.05, 0) is 70.1 Å². The monoisotopic (exact) mass is 307 g/mol. The van der Waals surface area contributed by atoms with E-state index in [0.29, 0.717) is 5.92 Å². The molecule has 122 valence electrons. The van der Waals surface area contributed by atoms with Crippen molar-refractivity contribution in [3.63, 3.8) is 0 Å². The number of piperidine rings is 1. The van der Waals surface area contributed by atoms with E-state index in [1.807, 2.05) is 32.9 Å². The summed E-state index contributed by atoms with van der Waals surface area (Å²) in [5, 5.41) is 0. The number of likely N-dealkylation sites (tertiary alicyclic amines) is 1. The summed E-state index contributed by atoms with van der Waals surface area (Å²) >= 11 is 0. The summed E-state index contributed by atoms with van der Waals surface area (Å²) in [6.07, 6.45) is 3.89. The highest BCUT2D eigenvalue weighted by atomic mass is 19.1. The van der Waals surface area contributed by atoms with Crippen LogP contribution in [0, 0.1) is 11.7 Å². The van der Waals surface area contributed by atoms with Crippen molar-refractivity contribution >= 4 is 6.09 Å². The van der Waals surface area contributed by atoms with Crippen LogP contribution in [-0.2, 0) is 11.2 Å². The molecule has 4 heteroatoms. The van der Waals surface area contributed by atoms with Crippen LogP contribution in [0.1, 0.15) is 45.6 Å². The van der Waals surface area contributed by atoms with E-state index in [4.69, 9.17) is 4.74 Å². The number of rotatable bonds is 3. The Morgan fingerprint density at radius 2 is 1.82 bits per heavy atom. The molecule has 1 aliphatic rings. The lowest BCUT2D eigenvalue weighted by molar-refractivity contribution is 0.0181. The Bertz CT molecular complexity index is 485. The maximum Gasteiger partial charge on any atom is 0.410 e. The number of carbonyl (C=O) groups excluding carboxylic acids is 1. The van der Waals surface area contributed by atoms with Crippen LogP contribution in [0.3, 0.4) is 0 Å². The van der Waals surface area contributed by atoms with Crippen LogP contribution in [0.25, 0.3) is 0 Å². The highest BCUT2D eigenvalue weighted by Crippen LogP contribution is 2.23. The van der Waals surface area contributed by atoms with E-state index in [-0.39, 0.29) is 11.9 Å². The molecule has 22 heavy (non-hydrogen) atoms. The van der Waals surface area contributed by atoms with Crippen LogP contribution in [0.15, 0.2) is 24.3 Å². The molecule has 3 nitrogen and oxygen atoms in total. The molecule has 0 radical (unpaired) electrons. The van der Waals surface area contributed by atoms with Gasteiger partial charge in [0.1, 0.15) is 11.4 Å². The Morgan fingerprint density at radius 3 is 2.36 bits per heavy atom. The molecule has 1 saturated heterocycles. The minimum Gasteiger partial charge on any atom is -0.444 e. The molecule has 0 unspecified atom stereocenters. The molecule has 1 amide bonds. The van der Waals surface area contributed by atoms with Crippen LogP contribution < -0.4 is 0 Å². The smallest absolute Gasteiger partial charge is 0.410 e. The summed E-state index contributed by atoms with van der Waals surface area (Å²) in [6, 6.07) is 6.73. The van der Waals surface area contributed by atoms with E-state index in [1.165, 1.54) is 17.7 Å². The summed E-state index contributed by atoms with van der Waals surface area (Å²) in [6.45, 7) is 7.20. The first kappa shape index (κ1) is 16.8. The minimum absolute atomic E-state index is 0.186. The lowest BCUT2D eigenvalue weighted by atomic mass is 9.91. The van der Waals surface area contributed by atoms with Crippen LogP contribution in [-0.4, -0.2) is 29.7 Å². The highest BCUT2D eigenvalue weighted by molar-refractivity contribution is 5.68. The van der Waals surface area contributed by atoms with Crippen LogP contribution in [0.5, 0.6) is 0 Å². The Kier molecular flexibility index (Phi) is 5.43. The van der Waals surface area contributed by atoms with Gasteiger partial charge in [0.25, 0.3) is 0 Å². The van der Waals surface area contributed by atoms with E-state index in [2.05, 4.69) is 0 Å². The fourth-order valence-electron chi connectivity index (χ4n) is 2.75. The number of amides is 1. The summed E-state index contributed by atoms with van der Waals surface area (Å²) < 4.78 is 18.3. The van der Waals surface area contributed by atoms with E-state index in [9.17, 15) is 9.18 Å². The quantitative estimate of drug-likeness (QED) is 0.828. The first-order valence-electron chi connectivity index (χ1n) is 8.06. The van der Waals surface area contributed by atoms with Gasteiger partial charge in [-0.1, -0.05) is 12.1 Å². The standard InChI is InChI=1S/C18H26FNO2/c1-18(2,3)22-17(21)20-12-10-15(11-13-20)5-4-14-6-8-16(19)9-7-14/h6-9,15H,4-5,10-13H2,1-3H3. The maximum absolute atomic E-state index is 12.9. The second-order valence-corrected chi connectivity index (χ2v) is 7.08. The lowest BCUT2D eigenvalue weighted by Gasteiger charge is -2.33. The fraction of sp³-hybridized carbons (Fsp3) is 0.611. The summed E-state index contributed by atoms with van der Waals surface area (Å²) in [4.78, 5) is 13.8. The zero-order valence-corrected chi connectivity index (χ0v) is 13.8. The van der Waals surface area contributed by atoms with Gasteiger partial charge in [-0.2, -0.15) is 0 Å². The average molecular weight is 307 g/mol. The number of aryl methyl sites for hydroxylation is 1. The fourth-order valence-corrected chi connectivity index (χ4v) is 2.75.